The van der Waals surface area contributed by atoms with E-state index in [1.165, 1.54) is 6.92 Å². The second kappa shape index (κ2) is 9.87. The molecule has 0 spiro atoms. The van der Waals surface area contributed by atoms with Gasteiger partial charge in [-0.1, -0.05) is 13.8 Å². The molecule has 0 fully saturated rings. The van der Waals surface area contributed by atoms with Crippen molar-refractivity contribution in [2.24, 2.45) is 5.92 Å². The van der Waals surface area contributed by atoms with Crippen molar-refractivity contribution in [3.05, 3.63) is 24.3 Å². The van der Waals surface area contributed by atoms with E-state index in [1.54, 1.807) is 4.90 Å². The molecule has 0 saturated carbocycles. The number of benzene rings is 1. The largest absolute Gasteiger partial charge is 0.494 e. The van der Waals surface area contributed by atoms with Crippen LogP contribution in [0.5, 0.6) is 5.75 Å². The summed E-state index contributed by atoms with van der Waals surface area (Å²) in [5.41, 5.74) is 0.803. The Bertz CT molecular complexity index is 495. The van der Waals surface area contributed by atoms with Crippen LogP contribution >= 0.6 is 0 Å². The summed E-state index contributed by atoms with van der Waals surface area (Å²) in [6, 6.07) is 7.40. The molecule has 5 heteroatoms. The van der Waals surface area contributed by atoms with Gasteiger partial charge in [0.25, 0.3) is 0 Å². The summed E-state index contributed by atoms with van der Waals surface area (Å²) in [4.78, 5) is 25.5. The molecule has 5 nitrogen and oxygen atoms in total. The van der Waals surface area contributed by atoms with Gasteiger partial charge in [0.2, 0.25) is 11.8 Å². The van der Waals surface area contributed by atoms with Crippen LogP contribution in [-0.2, 0) is 9.59 Å². The molecular weight excluding hydrogens is 292 g/mol. The maximum Gasteiger partial charge on any atom is 0.223 e. The number of hydrogen-bond acceptors (Lipinski definition) is 3. The van der Waals surface area contributed by atoms with Gasteiger partial charge in [0.1, 0.15) is 5.75 Å². The van der Waals surface area contributed by atoms with Crippen LogP contribution in [0.3, 0.4) is 0 Å². The number of hydrogen-bond donors (Lipinski definition) is 1. The molecule has 0 heterocycles. The molecule has 1 aromatic carbocycles. The van der Waals surface area contributed by atoms with Gasteiger partial charge in [0.05, 0.1) is 6.61 Å². The number of rotatable bonds is 9. The van der Waals surface area contributed by atoms with Gasteiger partial charge in [0.15, 0.2) is 0 Å². The van der Waals surface area contributed by atoms with E-state index in [2.05, 4.69) is 5.32 Å². The summed E-state index contributed by atoms with van der Waals surface area (Å²) in [6.07, 6.45) is 1.66. The molecule has 0 atom stereocenters. The fourth-order valence-electron chi connectivity index (χ4n) is 2.45. The van der Waals surface area contributed by atoms with E-state index in [-0.39, 0.29) is 17.7 Å². The predicted molar refractivity (Wildman–Crippen MR) is 92.7 cm³/mol. The van der Waals surface area contributed by atoms with Crippen LogP contribution < -0.4 is 15.0 Å². The molecule has 128 valence electrons. The molecule has 0 saturated heterocycles. The molecule has 0 unspecified atom stereocenters. The van der Waals surface area contributed by atoms with Gasteiger partial charge >= 0.3 is 0 Å². The van der Waals surface area contributed by atoms with Crippen LogP contribution in [0.1, 0.15) is 40.5 Å². The Balaban J connectivity index is 2.62. The molecule has 1 N–H and O–H groups in total. The van der Waals surface area contributed by atoms with Crippen molar-refractivity contribution in [3.63, 3.8) is 0 Å². The van der Waals surface area contributed by atoms with Gasteiger partial charge < -0.3 is 15.0 Å². The minimum absolute atomic E-state index is 0.0475. The summed E-state index contributed by atoms with van der Waals surface area (Å²) in [5.74, 6) is 0.837. The highest BCUT2D eigenvalue weighted by atomic mass is 16.5. The lowest BCUT2D eigenvalue weighted by molar-refractivity contribution is -0.125. The van der Waals surface area contributed by atoms with Gasteiger partial charge in [-0.2, -0.15) is 0 Å². The summed E-state index contributed by atoms with van der Waals surface area (Å²) >= 11 is 0. The van der Waals surface area contributed by atoms with E-state index < -0.39 is 0 Å². The highest BCUT2D eigenvalue weighted by molar-refractivity contribution is 5.91. The van der Waals surface area contributed by atoms with E-state index in [4.69, 9.17) is 4.74 Å². The third kappa shape index (κ3) is 5.93. The molecule has 0 aliphatic heterocycles. The zero-order chi connectivity index (χ0) is 17.2. The first-order chi connectivity index (χ1) is 11.0. The Morgan fingerprint density at radius 1 is 1.13 bits per heavy atom. The van der Waals surface area contributed by atoms with E-state index >= 15 is 0 Å². The number of anilines is 1. The molecular formula is C18H28N2O3. The first-order valence-corrected chi connectivity index (χ1v) is 8.32. The van der Waals surface area contributed by atoms with Crippen molar-refractivity contribution in [3.8, 4) is 5.75 Å². The summed E-state index contributed by atoms with van der Waals surface area (Å²) in [5, 5.41) is 2.91. The lowest BCUT2D eigenvalue weighted by Gasteiger charge is -2.22. The van der Waals surface area contributed by atoms with Crippen LogP contribution in [0.15, 0.2) is 24.3 Å². The minimum Gasteiger partial charge on any atom is -0.494 e. The standard InChI is InChI=1S/C18H28N2O3/c1-5-15(6-2)18(22)19-12-13-20(14(4)21)16-8-10-17(11-9-16)23-7-3/h8-11,15H,5-7,12-13H2,1-4H3,(H,19,22). The van der Waals surface area contributed by atoms with Crippen LogP contribution in [-0.4, -0.2) is 31.5 Å². The lowest BCUT2D eigenvalue weighted by atomic mass is 10.0. The highest BCUT2D eigenvalue weighted by Crippen LogP contribution is 2.19. The number of amides is 2. The molecule has 1 rings (SSSR count). The topological polar surface area (TPSA) is 58.6 Å². The van der Waals surface area contributed by atoms with Gasteiger partial charge in [-0.3, -0.25) is 9.59 Å². The smallest absolute Gasteiger partial charge is 0.223 e. The van der Waals surface area contributed by atoms with E-state index in [0.29, 0.717) is 19.7 Å². The lowest BCUT2D eigenvalue weighted by Crippen LogP contribution is -2.39. The number of nitrogens with one attached hydrogen (secondary N) is 1. The Morgan fingerprint density at radius 3 is 2.22 bits per heavy atom. The van der Waals surface area contributed by atoms with E-state index in [0.717, 1.165) is 24.3 Å². The van der Waals surface area contributed by atoms with Gasteiger partial charge in [0, 0.05) is 31.6 Å². The molecule has 2 amide bonds. The molecule has 0 bridgehead atoms. The summed E-state index contributed by atoms with van der Waals surface area (Å²) in [6.45, 7) is 8.98. The fraction of sp³-hybridized carbons (Fsp3) is 0.556. The zero-order valence-corrected chi connectivity index (χ0v) is 14.6. The number of carbonyl (C=O) groups excluding carboxylic acids is 2. The number of ether oxygens (including phenoxy) is 1. The third-order valence-electron chi connectivity index (χ3n) is 3.83. The van der Waals surface area contributed by atoms with Crippen LogP contribution in [0.4, 0.5) is 5.69 Å². The van der Waals surface area contributed by atoms with Gasteiger partial charge in [-0.05, 0) is 44.0 Å². The number of carbonyl (C=O) groups is 2. The molecule has 0 aromatic heterocycles. The van der Waals surface area contributed by atoms with Crippen molar-refractivity contribution in [1.82, 2.24) is 5.32 Å². The summed E-state index contributed by atoms with van der Waals surface area (Å²) < 4.78 is 5.40. The Morgan fingerprint density at radius 2 is 1.74 bits per heavy atom. The summed E-state index contributed by atoms with van der Waals surface area (Å²) in [7, 11) is 0. The van der Waals surface area contributed by atoms with Crippen molar-refractivity contribution in [1.29, 1.82) is 0 Å². The maximum atomic E-state index is 12.0. The fourth-order valence-corrected chi connectivity index (χ4v) is 2.45. The SMILES string of the molecule is CCOc1ccc(N(CCNC(=O)C(CC)CC)C(C)=O)cc1. The van der Waals surface area contributed by atoms with Gasteiger partial charge in [-0.25, -0.2) is 0 Å². The molecule has 1 aromatic rings. The Labute approximate surface area is 139 Å². The molecule has 0 radical (unpaired) electrons. The third-order valence-corrected chi connectivity index (χ3v) is 3.83. The second-order valence-electron chi connectivity index (χ2n) is 5.40. The normalized spacial score (nSPS) is 10.5. The van der Waals surface area contributed by atoms with Crippen molar-refractivity contribution in [2.45, 2.75) is 40.5 Å². The molecule has 0 aliphatic rings. The molecule has 0 aliphatic carbocycles. The van der Waals surface area contributed by atoms with Crippen LogP contribution in [0, 0.1) is 5.92 Å². The second-order valence-corrected chi connectivity index (χ2v) is 5.40. The van der Waals surface area contributed by atoms with Crippen molar-refractivity contribution in [2.75, 3.05) is 24.6 Å². The van der Waals surface area contributed by atoms with Crippen molar-refractivity contribution < 1.29 is 14.3 Å². The van der Waals surface area contributed by atoms with Crippen molar-refractivity contribution >= 4 is 17.5 Å². The Kier molecular flexibility index (Phi) is 8.16. The predicted octanol–water partition coefficient (Wildman–Crippen LogP) is 2.99. The first kappa shape index (κ1) is 19.0. The minimum atomic E-state index is -0.0501. The maximum absolute atomic E-state index is 12.0. The number of nitrogens with zero attached hydrogens (tertiary/aromatic N) is 1. The Hall–Kier alpha value is -2.04. The van der Waals surface area contributed by atoms with Crippen LogP contribution in [0.25, 0.3) is 0 Å². The zero-order valence-electron chi connectivity index (χ0n) is 14.6. The molecule has 23 heavy (non-hydrogen) atoms. The van der Waals surface area contributed by atoms with Crippen LogP contribution in [0.2, 0.25) is 0 Å². The highest BCUT2D eigenvalue weighted by Gasteiger charge is 2.15. The average molecular weight is 320 g/mol. The monoisotopic (exact) mass is 320 g/mol. The van der Waals surface area contributed by atoms with Gasteiger partial charge in [-0.15, -0.1) is 0 Å². The first-order valence-electron chi connectivity index (χ1n) is 8.32. The van der Waals surface area contributed by atoms with E-state index in [1.807, 2.05) is 45.0 Å². The quantitative estimate of drug-likeness (QED) is 0.761. The van der Waals surface area contributed by atoms with E-state index in [9.17, 15) is 9.59 Å². The average Bonchev–Trinajstić information content (AvgIpc) is 2.54.